The van der Waals surface area contributed by atoms with E-state index in [1.165, 1.54) is 4.68 Å². The van der Waals surface area contributed by atoms with Crippen LogP contribution >= 0.6 is 0 Å². The molecule has 2 aromatic rings. The Hall–Kier alpha value is -2.63. The van der Waals surface area contributed by atoms with Gasteiger partial charge in [-0.15, -0.1) is 0 Å². The zero-order valence-corrected chi connectivity index (χ0v) is 13.2. The monoisotopic (exact) mass is 300 g/mol. The SMILES string of the molecule is Cc1cc(C(=O)NCC(=O)Nc2ccc(C)c(C)c2)n(C)n1. The van der Waals surface area contributed by atoms with Crippen LogP contribution in [0.15, 0.2) is 24.3 Å². The maximum atomic E-state index is 12.0. The van der Waals surface area contributed by atoms with Crippen LogP contribution in [0.25, 0.3) is 0 Å². The molecule has 0 saturated heterocycles. The van der Waals surface area contributed by atoms with Crippen molar-refractivity contribution in [3.8, 4) is 0 Å². The molecule has 1 aromatic heterocycles. The van der Waals surface area contributed by atoms with E-state index >= 15 is 0 Å². The number of carbonyl (C=O) groups is 2. The Morgan fingerprint density at radius 3 is 2.45 bits per heavy atom. The minimum atomic E-state index is -0.321. The molecule has 116 valence electrons. The molecule has 0 atom stereocenters. The molecular weight excluding hydrogens is 280 g/mol. The predicted octanol–water partition coefficient (Wildman–Crippen LogP) is 1.71. The first-order valence-electron chi connectivity index (χ1n) is 7.03. The topological polar surface area (TPSA) is 76.0 Å². The first-order valence-corrected chi connectivity index (χ1v) is 7.03. The van der Waals surface area contributed by atoms with Crippen LogP contribution in [-0.2, 0) is 11.8 Å². The Bertz CT molecular complexity index is 719. The van der Waals surface area contributed by atoms with Gasteiger partial charge in [-0.1, -0.05) is 6.07 Å². The van der Waals surface area contributed by atoms with E-state index in [9.17, 15) is 9.59 Å². The Labute approximate surface area is 129 Å². The van der Waals surface area contributed by atoms with E-state index in [0.29, 0.717) is 5.69 Å². The first-order chi connectivity index (χ1) is 10.4. The molecule has 2 N–H and O–H groups in total. The minimum absolute atomic E-state index is 0.0873. The molecule has 6 heteroatoms. The molecule has 0 bridgehead atoms. The Kier molecular flexibility index (Phi) is 4.60. The summed E-state index contributed by atoms with van der Waals surface area (Å²) >= 11 is 0. The molecule has 0 fully saturated rings. The van der Waals surface area contributed by atoms with Crippen molar-refractivity contribution in [1.82, 2.24) is 15.1 Å². The van der Waals surface area contributed by atoms with E-state index in [0.717, 1.165) is 22.5 Å². The summed E-state index contributed by atoms with van der Waals surface area (Å²) in [6.07, 6.45) is 0. The van der Waals surface area contributed by atoms with Crippen LogP contribution in [0.2, 0.25) is 0 Å². The van der Waals surface area contributed by atoms with E-state index in [1.54, 1.807) is 13.1 Å². The minimum Gasteiger partial charge on any atom is -0.342 e. The molecule has 0 aliphatic carbocycles. The lowest BCUT2D eigenvalue weighted by Crippen LogP contribution is -2.33. The van der Waals surface area contributed by atoms with Gasteiger partial charge in [-0.05, 0) is 50.1 Å². The first kappa shape index (κ1) is 15.8. The molecule has 0 aliphatic rings. The number of amides is 2. The second kappa shape index (κ2) is 6.43. The highest BCUT2D eigenvalue weighted by Crippen LogP contribution is 2.13. The summed E-state index contributed by atoms with van der Waals surface area (Å²) in [7, 11) is 1.69. The normalized spacial score (nSPS) is 10.4. The Balaban J connectivity index is 1.91. The molecule has 1 aromatic carbocycles. The fourth-order valence-electron chi connectivity index (χ4n) is 2.10. The highest BCUT2D eigenvalue weighted by atomic mass is 16.2. The van der Waals surface area contributed by atoms with Crippen LogP contribution < -0.4 is 10.6 Å². The van der Waals surface area contributed by atoms with Crippen molar-refractivity contribution in [3.63, 3.8) is 0 Å². The van der Waals surface area contributed by atoms with Gasteiger partial charge in [0.1, 0.15) is 5.69 Å². The quantitative estimate of drug-likeness (QED) is 0.902. The van der Waals surface area contributed by atoms with Crippen LogP contribution in [-0.4, -0.2) is 28.1 Å². The van der Waals surface area contributed by atoms with Crippen LogP contribution in [0.3, 0.4) is 0 Å². The average Bonchev–Trinajstić information content (AvgIpc) is 2.79. The summed E-state index contributed by atoms with van der Waals surface area (Å²) in [5.74, 6) is -0.589. The van der Waals surface area contributed by atoms with Gasteiger partial charge in [0.05, 0.1) is 12.2 Å². The van der Waals surface area contributed by atoms with Crippen LogP contribution in [0.4, 0.5) is 5.69 Å². The van der Waals surface area contributed by atoms with Gasteiger partial charge in [0.15, 0.2) is 0 Å². The van der Waals surface area contributed by atoms with Gasteiger partial charge < -0.3 is 10.6 Å². The lowest BCUT2D eigenvalue weighted by Gasteiger charge is -2.08. The molecule has 1 heterocycles. The Morgan fingerprint density at radius 1 is 1.14 bits per heavy atom. The summed E-state index contributed by atoms with van der Waals surface area (Å²) in [6.45, 7) is 5.72. The zero-order chi connectivity index (χ0) is 16.3. The number of nitrogens with one attached hydrogen (secondary N) is 2. The highest BCUT2D eigenvalue weighted by molar-refractivity contribution is 5.98. The van der Waals surface area contributed by atoms with Crippen LogP contribution in [0.1, 0.15) is 27.3 Å². The maximum absolute atomic E-state index is 12.0. The lowest BCUT2D eigenvalue weighted by atomic mass is 10.1. The van der Waals surface area contributed by atoms with E-state index in [2.05, 4.69) is 15.7 Å². The standard InChI is InChI=1S/C16H20N4O2/c1-10-5-6-13(7-11(10)2)18-15(21)9-17-16(22)14-8-12(3)19-20(14)4/h5-8H,9H2,1-4H3,(H,17,22)(H,18,21). The number of benzene rings is 1. The van der Waals surface area contributed by atoms with Crippen molar-refractivity contribution in [3.05, 3.63) is 46.8 Å². The third-order valence-corrected chi connectivity index (χ3v) is 3.43. The van der Waals surface area contributed by atoms with Gasteiger partial charge in [0.25, 0.3) is 5.91 Å². The van der Waals surface area contributed by atoms with Gasteiger partial charge in [-0.2, -0.15) is 5.10 Å². The summed E-state index contributed by atoms with van der Waals surface area (Å²) in [5.41, 5.74) is 4.17. The molecule has 2 rings (SSSR count). The molecule has 0 aliphatic heterocycles. The summed E-state index contributed by atoms with van der Waals surface area (Å²) in [6, 6.07) is 7.37. The number of anilines is 1. The van der Waals surface area contributed by atoms with Crippen molar-refractivity contribution in [1.29, 1.82) is 0 Å². The highest BCUT2D eigenvalue weighted by Gasteiger charge is 2.13. The van der Waals surface area contributed by atoms with Crippen LogP contribution in [0, 0.1) is 20.8 Å². The zero-order valence-electron chi connectivity index (χ0n) is 13.2. The molecule has 6 nitrogen and oxygen atoms in total. The number of hydrogen-bond acceptors (Lipinski definition) is 3. The van der Waals surface area contributed by atoms with Crippen LogP contribution in [0.5, 0.6) is 0 Å². The van der Waals surface area contributed by atoms with Crippen molar-refractivity contribution >= 4 is 17.5 Å². The number of aromatic nitrogens is 2. The van der Waals surface area contributed by atoms with Crippen molar-refractivity contribution in [2.45, 2.75) is 20.8 Å². The third-order valence-electron chi connectivity index (χ3n) is 3.43. The second-order valence-electron chi connectivity index (χ2n) is 5.32. The van der Waals surface area contributed by atoms with E-state index in [1.807, 2.05) is 39.0 Å². The molecule has 0 radical (unpaired) electrons. The lowest BCUT2D eigenvalue weighted by molar-refractivity contribution is -0.115. The van der Waals surface area contributed by atoms with Crippen molar-refractivity contribution < 1.29 is 9.59 Å². The van der Waals surface area contributed by atoms with Crippen molar-refractivity contribution in [2.24, 2.45) is 7.05 Å². The van der Waals surface area contributed by atoms with Gasteiger partial charge >= 0.3 is 0 Å². The van der Waals surface area contributed by atoms with Gasteiger partial charge in [-0.25, -0.2) is 0 Å². The summed E-state index contributed by atoms with van der Waals surface area (Å²) < 4.78 is 1.49. The summed E-state index contributed by atoms with van der Waals surface area (Å²) in [5, 5.41) is 9.45. The average molecular weight is 300 g/mol. The number of carbonyl (C=O) groups excluding carboxylic acids is 2. The largest absolute Gasteiger partial charge is 0.342 e. The fraction of sp³-hybridized carbons (Fsp3) is 0.312. The van der Waals surface area contributed by atoms with Crippen molar-refractivity contribution in [2.75, 3.05) is 11.9 Å². The predicted molar refractivity (Wildman–Crippen MR) is 84.8 cm³/mol. The molecule has 0 saturated carbocycles. The second-order valence-corrected chi connectivity index (χ2v) is 5.32. The fourth-order valence-corrected chi connectivity index (χ4v) is 2.10. The van der Waals surface area contributed by atoms with E-state index in [-0.39, 0.29) is 18.4 Å². The van der Waals surface area contributed by atoms with Gasteiger partial charge in [0.2, 0.25) is 5.91 Å². The maximum Gasteiger partial charge on any atom is 0.269 e. The molecule has 0 spiro atoms. The third kappa shape index (κ3) is 3.72. The number of nitrogens with zero attached hydrogens (tertiary/aromatic N) is 2. The van der Waals surface area contributed by atoms with E-state index in [4.69, 9.17) is 0 Å². The van der Waals surface area contributed by atoms with Gasteiger partial charge in [-0.3, -0.25) is 14.3 Å². The van der Waals surface area contributed by atoms with Gasteiger partial charge in [0, 0.05) is 12.7 Å². The number of hydrogen-bond donors (Lipinski definition) is 2. The molecule has 0 unspecified atom stereocenters. The molecule has 2 amide bonds. The number of rotatable bonds is 4. The smallest absolute Gasteiger partial charge is 0.269 e. The summed E-state index contributed by atoms with van der Waals surface area (Å²) in [4.78, 5) is 23.9. The molecular formula is C16H20N4O2. The Morgan fingerprint density at radius 2 is 1.86 bits per heavy atom. The number of aryl methyl sites for hydroxylation is 4. The molecule has 22 heavy (non-hydrogen) atoms. The van der Waals surface area contributed by atoms with E-state index < -0.39 is 0 Å².